The Labute approximate surface area is 150 Å². The van der Waals surface area contributed by atoms with Gasteiger partial charge in [0.1, 0.15) is 5.51 Å². The summed E-state index contributed by atoms with van der Waals surface area (Å²) in [7, 11) is 0. The van der Waals surface area contributed by atoms with Gasteiger partial charge in [0.15, 0.2) is 11.0 Å². The molecule has 1 amide bonds. The van der Waals surface area contributed by atoms with Crippen LogP contribution in [0.5, 0.6) is 0 Å². The van der Waals surface area contributed by atoms with Gasteiger partial charge in [0.05, 0.1) is 5.75 Å². The Morgan fingerprint density at radius 3 is 2.96 bits per heavy atom. The minimum Gasteiger partial charge on any atom is -0.300 e. The molecule has 3 rings (SSSR count). The van der Waals surface area contributed by atoms with E-state index in [-0.39, 0.29) is 11.7 Å². The molecule has 0 fully saturated rings. The Hall–Kier alpha value is -2.04. The van der Waals surface area contributed by atoms with Crippen LogP contribution in [0.15, 0.2) is 34.8 Å². The highest BCUT2D eigenvalue weighted by Crippen LogP contribution is 2.27. The first kappa shape index (κ1) is 16.8. The van der Waals surface area contributed by atoms with Gasteiger partial charge >= 0.3 is 0 Å². The minimum absolute atomic E-state index is 0.155. The van der Waals surface area contributed by atoms with Crippen LogP contribution in [0.2, 0.25) is 0 Å². The third-order valence-electron chi connectivity index (χ3n) is 2.96. The van der Waals surface area contributed by atoms with Gasteiger partial charge in [-0.05, 0) is 13.0 Å². The monoisotopic (exact) mass is 378 g/mol. The third kappa shape index (κ3) is 3.89. The van der Waals surface area contributed by atoms with Crippen molar-refractivity contribution in [2.75, 3.05) is 11.1 Å². The molecule has 1 N–H and O–H groups in total. The topological polar surface area (TPSA) is 85.6 Å². The second-order valence-corrected chi connectivity index (χ2v) is 7.62. The Kier molecular flexibility index (Phi) is 5.38. The highest BCUT2D eigenvalue weighted by atomic mass is 32.2. The van der Waals surface area contributed by atoms with Crippen LogP contribution in [0.1, 0.15) is 4.88 Å². The first-order valence-electron chi connectivity index (χ1n) is 6.96. The largest absolute Gasteiger partial charge is 0.300 e. The quantitative estimate of drug-likeness (QED) is 0.502. The number of thiophene rings is 1. The summed E-state index contributed by atoms with van der Waals surface area (Å²) in [5, 5.41) is 21.9. The normalized spacial score (nSPS) is 10.7. The van der Waals surface area contributed by atoms with Gasteiger partial charge in [-0.25, -0.2) is 0 Å². The average molecular weight is 379 g/mol. The van der Waals surface area contributed by atoms with E-state index in [9.17, 15) is 4.79 Å². The van der Waals surface area contributed by atoms with Crippen LogP contribution in [0.4, 0.5) is 5.13 Å². The molecule has 10 heteroatoms. The lowest BCUT2D eigenvalue weighted by atomic mass is 10.3. The van der Waals surface area contributed by atoms with Crippen molar-refractivity contribution in [1.29, 1.82) is 0 Å². The number of anilines is 1. The number of carbonyl (C=O) groups is 1. The minimum atomic E-state index is -0.155. The van der Waals surface area contributed by atoms with E-state index in [2.05, 4.69) is 50.7 Å². The predicted octanol–water partition coefficient (Wildman–Crippen LogP) is 3.08. The van der Waals surface area contributed by atoms with E-state index < -0.39 is 0 Å². The summed E-state index contributed by atoms with van der Waals surface area (Å²) >= 11 is 4.27. The summed E-state index contributed by atoms with van der Waals surface area (Å²) in [6.45, 7) is 6.42. The molecule has 0 unspecified atom stereocenters. The molecule has 0 aromatic carbocycles. The van der Waals surface area contributed by atoms with Crippen molar-refractivity contribution < 1.29 is 4.79 Å². The lowest BCUT2D eigenvalue weighted by Crippen LogP contribution is -2.14. The Balaban J connectivity index is 1.72. The summed E-state index contributed by atoms with van der Waals surface area (Å²) in [5.41, 5.74) is 2.59. The van der Waals surface area contributed by atoms with E-state index in [0.717, 1.165) is 11.4 Å². The number of aryl methyl sites for hydroxylation is 1. The van der Waals surface area contributed by atoms with E-state index in [4.69, 9.17) is 0 Å². The predicted molar refractivity (Wildman–Crippen MR) is 97.5 cm³/mol. The molecule has 0 bridgehead atoms. The van der Waals surface area contributed by atoms with Gasteiger partial charge in [0.25, 0.3) is 0 Å². The molecule has 7 nitrogen and oxygen atoms in total. The van der Waals surface area contributed by atoms with Gasteiger partial charge in [-0.2, -0.15) is 0 Å². The Morgan fingerprint density at radius 1 is 1.42 bits per heavy atom. The van der Waals surface area contributed by atoms with E-state index in [1.165, 1.54) is 28.0 Å². The fourth-order valence-corrected chi connectivity index (χ4v) is 3.87. The molecule has 0 saturated carbocycles. The number of carbonyl (C=O) groups excluding carboxylic acids is 1. The number of nitrogens with one attached hydrogen (secondary N) is 1. The van der Waals surface area contributed by atoms with Crippen molar-refractivity contribution in [3.05, 3.63) is 34.5 Å². The number of nitrogens with zero attached hydrogens (tertiary/aromatic N) is 5. The lowest BCUT2D eigenvalue weighted by molar-refractivity contribution is -0.113. The molecule has 24 heavy (non-hydrogen) atoms. The molecule has 0 atom stereocenters. The number of thioether (sulfide) groups is 1. The molecule has 3 heterocycles. The molecule has 0 saturated heterocycles. The van der Waals surface area contributed by atoms with Crippen molar-refractivity contribution in [1.82, 2.24) is 25.0 Å². The van der Waals surface area contributed by atoms with Crippen molar-refractivity contribution in [3.8, 4) is 11.4 Å². The fourth-order valence-electron chi connectivity index (χ4n) is 1.98. The third-order valence-corrected chi connectivity index (χ3v) is 5.39. The van der Waals surface area contributed by atoms with Crippen molar-refractivity contribution in [3.63, 3.8) is 0 Å². The summed E-state index contributed by atoms with van der Waals surface area (Å²) in [4.78, 5) is 13.2. The smallest absolute Gasteiger partial charge is 0.236 e. The number of hydrogen-bond acceptors (Lipinski definition) is 8. The van der Waals surface area contributed by atoms with E-state index in [1.54, 1.807) is 22.9 Å². The molecule has 0 aliphatic heterocycles. The Bertz CT molecular complexity index is 839. The summed E-state index contributed by atoms with van der Waals surface area (Å²) < 4.78 is 1.96. The first-order valence-corrected chi connectivity index (χ1v) is 9.70. The molecule has 3 aromatic rings. The average Bonchev–Trinajstić information content (AvgIpc) is 3.28. The van der Waals surface area contributed by atoms with Gasteiger partial charge in [0, 0.05) is 22.4 Å². The fraction of sp³-hybridized carbons (Fsp3) is 0.214. The zero-order valence-corrected chi connectivity index (χ0v) is 15.2. The highest BCUT2D eigenvalue weighted by Gasteiger charge is 2.16. The molecule has 3 aromatic heterocycles. The maximum absolute atomic E-state index is 12.0. The van der Waals surface area contributed by atoms with E-state index in [0.29, 0.717) is 16.8 Å². The maximum atomic E-state index is 12.0. The van der Waals surface area contributed by atoms with Crippen LogP contribution in [-0.2, 0) is 11.3 Å². The zero-order valence-electron chi connectivity index (χ0n) is 12.8. The Morgan fingerprint density at radius 2 is 2.29 bits per heavy atom. The SMILES string of the molecule is C=CCn1c(SCC(=O)Nc2nncs2)nnc1-c1csc(C)c1. The number of amides is 1. The first-order chi connectivity index (χ1) is 11.7. The van der Waals surface area contributed by atoms with Crippen LogP contribution in [0, 0.1) is 6.92 Å². The lowest BCUT2D eigenvalue weighted by Gasteiger charge is -2.06. The number of allylic oxidation sites excluding steroid dienone is 1. The summed E-state index contributed by atoms with van der Waals surface area (Å²) in [5.74, 6) is 0.849. The summed E-state index contributed by atoms with van der Waals surface area (Å²) in [6.07, 6.45) is 1.79. The second-order valence-electron chi connectivity index (χ2n) is 4.73. The van der Waals surface area contributed by atoms with Gasteiger partial charge in [-0.3, -0.25) is 14.7 Å². The zero-order chi connectivity index (χ0) is 16.9. The maximum Gasteiger partial charge on any atom is 0.236 e. The van der Waals surface area contributed by atoms with Crippen molar-refractivity contribution in [2.24, 2.45) is 0 Å². The molecule has 0 aliphatic carbocycles. The van der Waals surface area contributed by atoms with Gasteiger partial charge in [-0.1, -0.05) is 29.2 Å². The van der Waals surface area contributed by atoms with Gasteiger partial charge < -0.3 is 0 Å². The standard InChI is InChI=1S/C14H14N6OS3/c1-3-4-20-12(10-5-9(2)22-6-10)17-19-14(20)23-7-11(21)16-13-18-15-8-24-13/h3,5-6,8H,1,4,7H2,2H3,(H,16,18,21). The van der Waals surface area contributed by atoms with Crippen LogP contribution in [0.3, 0.4) is 0 Å². The molecule has 0 spiro atoms. The molecular weight excluding hydrogens is 364 g/mol. The van der Waals surface area contributed by atoms with Gasteiger partial charge in [-0.15, -0.1) is 38.3 Å². The van der Waals surface area contributed by atoms with E-state index >= 15 is 0 Å². The van der Waals surface area contributed by atoms with Crippen molar-refractivity contribution >= 4 is 45.5 Å². The van der Waals surface area contributed by atoms with Gasteiger partial charge in [0.2, 0.25) is 11.0 Å². The van der Waals surface area contributed by atoms with E-state index in [1.807, 2.05) is 4.57 Å². The summed E-state index contributed by atoms with van der Waals surface area (Å²) in [6, 6.07) is 2.07. The van der Waals surface area contributed by atoms with Crippen LogP contribution >= 0.6 is 34.4 Å². The second kappa shape index (κ2) is 7.69. The number of aromatic nitrogens is 5. The molecule has 0 radical (unpaired) electrons. The van der Waals surface area contributed by atoms with Crippen LogP contribution in [-0.4, -0.2) is 36.6 Å². The van der Waals surface area contributed by atoms with Crippen molar-refractivity contribution in [2.45, 2.75) is 18.6 Å². The number of hydrogen-bond donors (Lipinski definition) is 1. The van der Waals surface area contributed by atoms with Crippen LogP contribution in [0.25, 0.3) is 11.4 Å². The molecular formula is C14H14N6OS3. The molecule has 0 aliphatic rings. The molecule has 124 valence electrons. The highest BCUT2D eigenvalue weighted by molar-refractivity contribution is 7.99. The number of rotatable bonds is 7. The van der Waals surface area contributed by atoms with Crippen LogP contribution < -0.4 is 5.32 Å².